The Labute approximate surface area is 131 Å². The van der Waals surface area contributed by atoms with Gasteiger partial charge in [-0.2, -0.15) is 0 Å². The van der Waals surface area contributed by atoms with Gasteiger partial charge in [0, 0.05) is 3.57 Å². The van der Waals surface area contributed by atoms with Crippen LogP contribution in [-0.2, 0) is 9.53 Å². The third-order valence-corrected chi connectivity index (χ3v) is 3.85. The zero-order chi connectivity index (χ0) is 14.5. The molecule has 20 heavy (non-hydrogen) atoms. The quantitative estimate of drug-likeness (QED) is 0.653. The maximum absolute atomic E-state index is 11.7. The number of carbonyl (C=O) groups excluding carboxylic acids is 1. The van der Waals surface area contributed by atoms with E-state index in [1.54, 1.807) is 0 Å². The van der Waals surface area contributed by atoms with Gasteiger partial charge in [0.25, 0.3) is 0 Å². The number of halogens is 1. The Bertz CT molecular complexity index is 593. The molecule has 0 aliphatic carbocycles. The fraction of sp³-hybridized carbons (Fsp3) is 0.188. The molecule has 0 aliphatic rings. The molecular weight excluding hydrogens is 367 g/mol. The Hall–Kier alpha value is -1.40. The van der Waals surface area contributed by atoms with Gasteiger partial charge in [-0.25, -0.2) is 0 Å². The van der Waals surface area contributed by atoms with Gasteiger partial charge in [0.2, 0.25) is 0 Å². The van der Waals surface area contributed by atoms with Gasteiger partial charge in [0.15, 0.2) is 0 Å². The summed E-state index contributed by atoms with van der Waals surface area (Å²) in [5.74, 6) is -1.06. The molecular formula is C16H15IO3. The van der Waals surface area contributed by atoms with Crippen LogP contribution in [0, 0.1) is 3.57 Å². The van der Waals surface area contributed by atoms with Crippen molar-refractivity contribution in [2.75, 3.05) is 13.7 Å². The second-order valence-electron chi connectivity index (χ2n) is 4.39. The van der Waals surface area contributed by atoms with Gasteiger partial charge < -0.3 is 9.84 Å². The van der Waals surface area contributed by atoms with Crippen molar-refractivity contribution in [3.05, 3.63) is 57.7 Å². The summed E-state index contributed by atoms with van der Waals surface area (Å²) < 4.78 is 5.89. The summed E-state index contributed by atoms with van der Waals surface area (Å²) in [6.07, 6.45) is 0. The maximum Gasteiger partial charge on any atom is 0.315 e. The molecule has 0 heterocycles. The van der Waals surface area contributed by atoms with Crippen LogP contribution in [0.4, 0.5) is 0 Å². The molecule has 1 N–H and O–H groups in total. The molecule has 2 aromatic carbocycles. The van der Waals surface area contributed by atoms with E-state index in [4.69, 9.17) is 4.74 Å². The highest BCUT2D eigenvalue weighted by Crippen LogP contribution is 2.25. The number of carbonyl (C=O) groups is 1. The smallest absolute Gasteiger partial charge is 0.315 e. The number of ether oxygens (including phenoxy) is 1. The molecule has 104 valence electrons. The Kier molecular flexibility index (Phi) is 5.14. The van der Waals surface area contributed by atoms with Crippen molar-refractivity contribution in [3.63, 3.8) is 0 Å². The van der Waals surface area contributed by atoms with Crippen LogP contribution in [0.25, 0.3) is 11.1 Å². The van der Waals surface area contributed by atoms with Crippen LogP contribution >= 0.6 is 22.6 Å². The summed E-state index contributed by atoms with van der Waals surface area (Å²) in [5.41, 5.74) is 2.85. The van der Waals surface area contributed by atoms with Crippen LogP contribution in [0.15, 0.2) is 48.5 Å². The van der Waals surface area contributed by atoms with Crippen LogP contribution in [-0.4, -0.2) is 24.8 Å². The molecule has 0 saturated heterocycles. The monoisotopic (exact) mass is 382 g/mol. The number of esters is 1. The summed E-state index contributed by atoms with van der Waals surface area (Å²) in [4.78, 5) is 11.7. The number of aliphatic hydroxyl groups excluding tert-OH is 1. The maximum atomic E-state index is 11.7. The fourth-order valence-electron chi connectivity index (χ4n) is 2.04. The van der Waals surface area contributed by atoms with E-state index in [1.165, 1.54) is 10.7 Å². The van der Waals surface area contributed by atoms with Crippen molar-refractivity contribution < 1.29 is 14.6 Å². The van der Waals surface area contributed by atoms with Gasteiger partial charge in [0.1, 0.15) is 5.92 Å². The Morgan fingerprint density at radius 3 is 2.50 bits per heavy atom. The minimum Gasteiger partial charge on any atom is -0.468 e. The summed E-state index contributed by atoms with van der Waals surface area (Å²) in [7, 11) is 1.33. The van der Waals surface area contributed by atoms with E-state index in [-0.39, 0.29) is 6.61 Å². The molecule has 2 aromatic rings. The SMILES string of the molecule is COC(=O)C(CO)c1cccc(-c2ccc(I)cc2)c1. The summed E-state index contributed by atoms with van der Waals surface area (Å²) in [5, 5.41) is 9.38. The van der Waals surface area contributed by atoms with Gasteiger partial charge in [-0.15, -0.1) is 0 Å². The molecule has 0 bridgehead atoms. The lowest BCUT2D eigenvalue weighted by Gasteiger charge is -2.13. The summed E-state index contributed by atoms with van der Waals surface area (Å²) in [6, 6.07) is 15.7. The largest absolute Gasteiger partial charge is 0.468 e. The van der Waals surface area contributed by atoms with Crippen molar-refractivity contribution in [1.82, 2.24) is 0 Å². The second kappa shape index (κ2) is 6.85. The standard InChI is InChI=1S/C16H15IO3/c1-20-16(19)15(10-18)13-4-2-3-12(9-13)11-5-7-14(17)8-6-11/h2-9,15,18H,10H2,1H3. The highest BCUT2D eigenvalue weighted by molar-refractivity contribution is 14.1. The molecule has 0 saturated carbocycles. The average Bonchev–Trinajstić information content (AvgIpc) is 2.49. The summed E-state index contributed by atoms with van der Waals surface area (Å²) in [6.45, 7) is -0.261. The molecule has 0 spiro atoms. The lowest BCUT2D eigenvalue weighted by molar-refractivity contribution is -0.143. The van der Waals surface area contributed by atoms with Crippen molar-refractivity contribution in [1.29, 1.82) is 0 Å². The normalized spacial score (nSPS) is 11.9. The zero-order valence-electron chi connectivity index (χ0n) is 11.0. The number of benzene rings is 2. The topological polar surface area (TPSA) is 46.5 Å². The lowest BCUT2D eigenvalue weighted by atomic mass is 9.95. The molecule has 4 heteroatoms. The third-order valence-electron chi connectivity index (χ3n) is 3.13. The molecule has 0 amide bonds. The molecule has 1 atom stereocenters. The number of aliphatic hydroxyl groups is 1. The number of rotatable bonds is 4. The second-order valence-corrected chi connectivity index (χ2v) is 5.64. The highest BCUT2D eigenvalue weighted by Gasteiger charge is 2.20. The van der Waals surface area contributed by atoms with Gasteiger partial charge in [-0.1, -0.05) is 36.4 Å². The van der Waals surface area contributed by atoms with Crippen molar-refractivity contribution >= 4 is 28.6 Å². The number of hydrogen-bond acceptors (Lipinski definition) is 3. The molecule has 0 fully saturated rings. The molecule has 3 nitrogen and oxygen atoms in total. The predicted molar refractivity (Wildman–Crippen MR) is 86.4 cm³/mol. The first-order valence-corrected chi connectivity index (χ1v) is 7.28. The van der Waals surface area contributed by atoms with Crippen LogP contribution in [0.5, 0.6) is 0 Å². The highest BCUT2D eigenvalue weighted by atomic mass is 127. The molecule has 0 aromatic heterocycles. The van der Waals surface area contributed by atoms with E-state index in [9.17, 15) is 9.90 Å². The minimum atomic E-state index is -0.635. The Morgan fingerprint density at radius 2 is 1.90 bits per heavy atom. The van der Waals surface area contributed by atoms with Crippen LogP contribution in [0.2, 0.25) is 0 Å². The van der Waals surface area contributed by atoms with Gasteiger partial charge in [0.05, 0.1) is 13.7 Å². The van der Waals surface area contributed by atoms with Gasteiger partial charge in [-0.05, 0) is 51.4 Å². The molecule has 1 unspecified atom stereocenters. The average molecular weight is 382 g/mol. The molecule has 2 rings (SSSR count). The van der Waals surface area contributed by atoms with E-state index in [0.717, 1.165) is 16.7 Å². The van der Waals surface area contributed by atoms with Crippen LogP contribution in [0.1, 0.15) is 11.5 Å². The van der Waals surface area contributed by atoms with E-state index in [0.29, 0.717) is 0 Å². The zero-order valence-corrected chi connectivity index (χ0v) is 13.2. The van der Waals surface area contributed by atoms with Crippen molar-refractivity contribution in [2.24, 2.45) is 0 Å². The molecule has 0 radical (unpaired) electrons. The predicted octanol–water partition coefficient (Wildman–Crippen LogP) is 3.21. The minimum absolute atomic E-state index is 0.261. The summed E-state index contributed by atoms with van der Waals surface area (Å²) >= 11 is 2.26. The van der Waals surface area contributed by atoms with E-state index >= 15 is 0 Å². The van der Waals surface area contributed by atoms with E-state index in [2.05, 4.69) is 22.6 Å². The van der Waals surface area contributed by atoms with Crippen LogP contribution in [0.3, 0.4) is 0 Å². The van der Waals surface area contributed by atoms with E-state index < -0.39 is 11.9 Å². The van der Waals surface area contributed by atoms with Crippen molar-refractivity contribution in [3.8, 4) is 11.1 Å². The van der Waals surface area contributed by atoms with E-state index in [1.807, 2.05) is 48.5 Å². The molecule has 0 aliphatic heterocycles. The first kappa shape index (κ1) is 15.0. The van der Waals surface area contributed by atoms with Gasteiger partial charge >= 0.3 is 5.97 Å². The van der Waals surface area contributed by atoms with Gasteiger partial charge in [-0.3, -0.25) is 4.79 Å². The first-order valence-electron chi connectivity index (χ1n) is 6.20. The van der Waals surface area contributed by atoms with Crippen molar-refractivity contribution in [2.45, 2.75) is 5.92 Å². The first-order chi connectivity index (χ1) is 9.65. The Morgan fingerprint density at radius 1 is 1.20 bits per heavy atom. The number of methoxy groups -OCH3 is 1. The fourth-order valence-corrected chi connectivity index (χ4v) is 2.40. The number of hydrogen-bond donors (Lipinski definition) is 1. The Balaban J connectivity index is 2.36. The third kappa shape index (κ3) is 3.37. The lowest BCUT2D eigenvalue weighted by Crippen LogP contribution is -2.17. The van der Waals surface area contributed by atoms with Crippen LogP contribution < -0.4 is 0 Å².